The van der Waals surface area contributed by atoms with Gasteiger partial charge >= 0.3 is 11.9 Å². The highest BCUT2D eigenvalue weighted by Gasteiger charge is 2.25. The Morgan fingerprint density at radius 2 is 1.85 bits per heavy atom. The van der Waals surface area contributed by atoms with E-state index < -0.39 is 0 Å². The standard InChI is InChI=1S/C28H34ClNO4/c1-5-10-23(29)14-9-13-22(28(32)34-4)18-30-19(2)26(20-11-7-6-8-12-20)24-16-15-21(17-25(24)30)27(31)33-3/h5,10,13-17,20H,6-9,11-12,18H2,1-4H3/b10-5-,22-13+,23-14+. The fourth-order valence-corrected chi connectivity index (χ4v) is 5.13. The molecule has 0 radical (unpaired) electrons. The van der Waals surface area contributed by atoms with Gasteiger partial charge in [0.2, 0.25) is 0 Å². The van der Waals surface area contributed by atoms with E-state index in [-0.39, 0.29) is 11.9 Å². The highest BCUT2D eigenvalue weighted by Crippen LogP contribution is 2.40. The van der Waals surface area contributed by atoms with Gasteiger partial charge in [-0.15, -0.1) is 0 Å². The average molecular weight is 484 g/mol. The number of methoxy groups -OCH3 is 2. The summed E-state index contributed by atoms with van der Waals surface area (Å²) in [5.74, 6) is -0.270. The Balaban J connectivity index is 2.10. The predicted molar refractivity (Wildman–Crippen MR) is 137 cm³/mol. The highest BCUT2D eigenvalue weighted by molar-refractivity contribution is 6.31. The monoisotopic (exact) mass is 483 g/mol. The third-order valence-corrected chi connectivity index (χ3v) is 6.87. The highest BCUT2D eigenvalue weighted by atomic mass is 35.5. The zero-order valence-corrected chi connectivity index (χ0v) is 21.3. The summed E-state index contributed by atoms with van der Waals surface area (Å²) >= 11 is 6.17. The minimum absolute atomic E-state index is 0.349. The molecule has 0 saturated heterocycles. The van der Waals surface area contributed by atoms with Crippen LogP contribution in [-0.4, -0.2) is 30.7 Å². The fraction of sp³-hybridized carbons (Fsp3) is 0.429. The molecule has 1 aliphatic rings. The smallest absolute Gasteiger partial charge is 0.337 e. The predicted octanol–water partition coefficient (Wildman–Crippen LogP) is 6.97. The molecule has 6 heteroatoms. The van der Waals surface area contributed by atoms with E-state index in [1.807, 2.05) is 49.4 Å². The molecule has 5 nitrogen and oxygen atoms in total. The van der Waals surface area contributed by atoms with E-state index in [1.165, 1.54) is 39.0 Å². The van der Waals surface area contributed by atoms with Crippen LogP contribution in [0.2, 0.25) is 0 Å². The van der Waals surface area contributed by atoms with Crippen molar-refractivity contribution in [2.24, 2.45) is 0 Å². The molecule has 0 N–H and O–H groups in total. The van der Waals surface area contributed by atoms with Crippen LogP contribution in [0, 0.1) is 6.92 Å². The number of carbonyl (C=O) groups is 2. The van der Waals surface area contributed by atoms with Gasteiger partial charge in [0.25, 0.3) is 0 Å². The van der Waals surface area contributed by atoms with Gasteiger partial charge in [0.1, 0.15) is 0 Å². The van der Waals surface area contributed by atoms with Gasteiger partial charge in [-0.1, -0.05) is 55.2 Å². The lowest BCUT2D eigenvalue weighted by atomic mass is 9.83. The minimum Gasteiger partial charge on any atom is -0.466 e. The van der Waals surface area contributed by atoms with E-state index in [0.29, 0.717) is 35.1 Å². The second-order valence-electron chi connectivity index (χ2n) is 8.69. The molecule has 34 heavy (non-hydrogen) atoms. The largest absolute Gasteiger partial charge is 0.466 e. The second kappa shape index (κ2) is 12.1. The molecule has 182 valence electrons. The Bertz CT molecular complexity index is 1130. The van der Waals surface area contributed by atoms with E-state index >= 15 is 0 Å². The zero-order chi connectivity index (χ0) is 24.7. The molecule has 0 bridgehead atoms. The number of hydrogen-bond donors (Lipinski definition) is 0. The van der Waals surface area contributed by atoms with Crippen LogP contribution in [0.5, 0.6) is 0 Å². The van der Waals surface area contributed by atoms with Crippen molar-refractivity contribution in [3.63, 3.8) is 0 Å². The van der Waals surface area contributed by atoms with Crippen LogP contribution in [-0.2, 0) is 20.8 Å². The SMILES string of the molecule is C/C=C\C(Cl)=C/C/C=C(\Cn1c(C)c(C2CCCCC2)c2ccc(C(=O)OC)cc21)C(=O)OC. The summed E-state index contributed by atoms with van der Waals surface area (Å²) in [4.78, 5) is 24.9. The Morgan fingerprint density at radius 3 is 2.50 bits per heavy atom. The van der Waals surface area contributed by atoms with E-state index in [4.69, 9.17) is 21.1 Å². The second-order valence-corrected chi connectivity index (χ2v) is 9.13. The van der Waals surface area contributed by atoms with Crippen molar-refractivity contribution >= 4 is 34.4 Å². The molecule has 2 aromatic rings. The molecule has 1 saturated carbocycles. The molecule has 1 aromatic carbocycles. The first-order valence-electron chi connectivity index (χ1n) is 11.9. The third-order valence-electron chi connectivity index (χ3n) is 6.59. The number of benzene rings is 1. The molecular formula is C28H34ClNO4. The summed E-state index contributed by atoms with van der Waals surface area (Å²) in [7, 11) is 2.77. The Morgan fingerprint density at radius 1 is 1.12 bits per heavy atom. The van der Waals surface area contributed by atoms with Crippen molar-refractivity contribution in [1.29, 1.82) is 0 Å². The van der Waals surface area contributed by atoms with Crippen LogP contribution in [0.1, 0.15) is 73.0 Å². The lowest BCUT2D eigenvalue weighted by molar-refractivity contribution is -0.136. The van der Waals surface area contributed by atoms with Crippen LogP contribution in [0.3, 0.4) is 0 Å². The molecule has 1 fully saturated rings. The number of fused-ring (bicyclic) bond motifs is 1. The Kier molecular flexibility index (Phi) is 9.17. The van der Waals surface area contributed by atoms with E-state index in [0.717, 1.165) is 29.4 Å². The molecule has 3 rings (SSSR count). The first-order chi connectivity index (χ1) is 16.4. The molecule has 1 aliphatic carbocycles. The molecule has 0 unspecified atom stereocenters. The van der Waals surface area contributed by atoms with Crippen LogP contribution in [0.25, 0.3) is 10.9 Å². The number of esters is 2. The zero-order valence-electron chi connectivity index (χ0n) is 20.5. The maximum absolute atomic E-state index is 12.6. The van der Waals surface area contributed by atoms with Gasteiger partial charge in [-0.05, 0) is 62.8 Å². The van der Waals surface area contributed by atoms with Gasteiger partial charge in [-0.25, -0.2) is 9.59 Å². The molecular weight excluding hydrogens is 450 g/mol. The number of ether oxygens (including phenoxy) is 2. The summed E-state index contributed by atoms with van der Waals surface area (Å²) < 4.78 is 12.2. The summed E-state index contributed by atoms with van der Waals surface area (Å²) in [5.41, 5.74) is 4.42. The lowest BCUT2D eigenvalue weighted by Gasteiger charge is -2.22. The van der Waals surface area contributed by atoms with Gasteiger partial charge in [-0.3, -0.25) is 0 Å². The summed E-state index contributed by atoms with van der Waals surface area (Å²) in [5, 5.41) is 1.75. The maximum atomic E-state index is 12.6. The summed E-state index contributed by atoms with van der Waals surface area (Å²) in [6.45, 7) is 4.36. The minimum atomic E-state index is -0.376. The number of carbonyl (C=O) groups excluding carboxylic acids is 2. The quantitative estimate of drug-likeness (QED) is 0.231. The molecule has 1 heterocycles. The number of rotatable bonds is 8. The van der Waals surface area contributed by atoms with Crippen LogP contribution in [0.4, 0.5) is 0 Å². The molecule has 0 spiro atoms. The lowest BCUT2D eigenvalue weighted by Crippen LogP contribution is -2.13. The number of aromatic nitrogens is 1. The molecule has 1 aromatic heterocycles. The molecule has 0 atom stereocenters. The summed E-state index contributed by atoms with van der Waals surface area (Å²) in [6.07, 6.45) is 13.9. The molecule has 0 aliphatic heterocycles. The van der Waals surface area contributed by atoms with Crippen molar-refractivity contribution in [2.45, 2.75) is 64.8 Å². The van der Waals surface area contributed by atoms with Crippen LogP contribution < -0.4 is 0 Å². The van der Waals surface area contributed by atoms with Crippen molar-refractivity contribution < 1.29 is 19.1 Å². The van der Waals surface area contributed by atoms with Crippen molar-refractivity contribution in [1.82, 2.24) is 4.57 Å². The van der Waals surface area contributed by atoms with E-state index in [9.17, 15) is 9.59 Å². The Labute approximate surface area is 207 Å². The fourth-order valence-electron chi connectivity index (χ4n) is 4.91. The van der Waals surface area contributed by atoms with Crippen LogP contribution >= 0.6 is 11.6 Å². The third kappa shape index (κ3) is 5.82. The van der Waals surface area contributed by atoms with Crippen LogP contribution in [0.15, 0.2) is 53.1 Å². The normalized spacial score (nSPS) is 15.8. The summed E-state index contributed by atoms with van der Waals surface area (Å²) in [6, 6.07) is 5.73. The van der Waals surface area contributed by atoms with Gasteiger partial charge in [0, 0.05) is 21.6 Å². The van der Waals surface area contributed by atoms with E-state index in [2.05, 4.69) is 11.5 Å². The van der Waals surface area contributed by atoms with Crippen molar-refractivity contribution in [2.75, 3.05) is 14.2 Å². The average Bonchev–Trinajstić information content (AvgIpc) is 3.13. The first-order valence-corrected chi connectivity index (χ1v) is 12.3. The first kappa shape index (κ1) is 25.8. The number of halogens is 1. The van der Waals surface area contributed by atoms with Crippen molar-refractivity contribution in [3.05, 3.63) is 69.9 Å². The van der Waals surface area contributed by atoms with E-state index in [1.54, 1.807) is 0 Å². The van der Waals surface area contributed by atoms with Crippen molar-refractivity contribution in [3.8, 4) is 0 Å². The Hall–Kier alpha value is -2.79. The number of hydrogen-bond acceptors (Lipinski definition) is 4. The molecule has 0 amide bonds. The van der Waals surface area contributed by atoms with Gasteiger partial charge in [0.15, 0.2) is 0 Å². The maximum Gasteiger partial charge on any atom is 0.337 e. The van der Waals surface area contributed by atoms with Gasteiger partial charge < -0.3 is 14.0 Å². The van der Waals surface area contributed by atoms with Gasteiger partial charge in [-0.2, -0.15) is 0 Å². The number of nitrogens with zero attached hydrogens (tertiary/aromatic N) is 1. The number of allylic oxidation sites excluding steroid dienone is 5. The van der Waals surface area contributed by atoms with Gasteiger partial charge in [0.05, 0.1) is 31.9 Å². The topological polar surface area (TPSA) is 57.5 Å².